The summed E-state index contributed by atoms with van der Waals surface area (Å²) in [5.74, 6) is 1.67. The SMILES string of the molecule is COc1nc(NC2(CCl)CC2)ncc1Br. The van der Waals surface area contributed by atoms with Crippen LogP contribution in [0.15, 0.2) is 10.7 Å². The van der Waals surface area contributed by atoms with E-state index in [0.717, 1.165) is 17.3 Å². The van der Waals surface area contributed by atoms with Crippen LogP contribution in [0.1, 0.15) is 12.8 Å². The van der Waals surface area contributed by atoms with E-state index in [-0.39, 0.29) is 5.54 Å². The van der Waals surface area contributed by atoms with E-state index >= 15 is 0 Å². The summed E-state index contributed by atoms with van der Waals surface area (Å²) < 4.78 is 5.83. The van der Waals surface area contributed by atoms with E-state index in [9.17, 15) is 0 Å². The molecule has 1 fully saturated rings. The zero-order valence-electron chi connectivity index (χ0n) is 8.26. The van der Waals surface area contributed by atoms with Crippen molar-refractivity contribution in [2.75, 3.05) is 18.3 Å². The highest BCUT2D eigenvalue weighted by atomic mass is 79.9. The third-order valence-electron chi connectivity index (χ3n) is 2.39. The van der Waals surface area contributed by atoms with Gasteiger partial charge in [0, 0.05) is 5.88 Å². The maximum atomic E-state index is 5.85. The minimum atomic E-state index is 0.000393. The molecular formula is C9H11BrClN3O. The van der Waals surface area contributed by atoms with Gasteiger partial charge in [-0.15, -0.1) is 11.6 Å². The van der Waals surface area contributed by atoms with Crippen LogP contribution in [0.3, 0.4) is 0 Å². The molecule has 0 amide bonds. The minimum Gasteiger partial charge on any atom is -0.480 e. The first-order valence-corrected chi connectivity index (χ1v) is 5.92. The lowest BCUT2D eigenvalue weighted by molar-refractivity contribution is 0.394. The molecule has 0 bridgehead atoms. The molecule has 0 saturated heterocycles. The van der Waals surface area contributed by atoms with Crippen molar-refractivity contribution in [1.29, 1.82) is 0 Å². The van der Waals surface area contributed by atoms with Gasteiger partial charge in [0.1, 0.15) is 0 Å². The largest absolute Gasteiger partial charge is 0.480 e. The fourth-order valence-electron chi connectivity index (χ4n) is 1.23. The number of aromatic nitrogens is 2. The van der Waals surface area contributed by atoms with Crippen LogP contribution >= 0.6 is 27.5 Å². The van der Waals surface area contributed by atoms with Gasteiger partial charge in [0.2, 0.25) is 11.8 Å². The van der Waals surface area contributed by atoms with Gasteiger partial charge in [0.25, 0.3) is 0 Å². The molecule has 6 heteroatoms. The molecule has 1 aliphatic rings. The first-order chi connectivity index (χ1) is 7.19. The smallest absolute Gasteiger partial charge is 0.232 e. The van der Waals surface area contributed by atoms with Crippen molar-refractivity contribution in [3.8, 4) is 5.88 Å². The molecule has 0 aliphatic heterocycles. The number of alkyl halides is 1. The molecule has 0 unspecified atom stereocenters. The zero-order valence-corrected chi connectivity index (χ0v) is 10.6. The maximum absolute atomic E-state index is 5.85. The second-order valence-electron chi connectivity index (χ2n) is 3.59. The van der Waals surface area contributed by atoms with Crippen LogP contribution < -0.4 is 10.1 Å². The average molecular weight is 293 g/mol. The number of halogens is 2. The van der Waals surface area contributed by atoms with Crippen molar-refractivity contribution in [2.24, 2.45) is 0 Å². The molecule has 0 aromatic carbocycles. The quantitative estimate of drug-likeness (QED) is 0.866. The van der Waals surface area contributed by atoms with Crippen molar-refractivity contribution in [1.82, 2.24) is 9.97 Å². The van der Waals surface area contributed by atoms with Gasteiger partial charge in [-0.25, -0.2) is 4.98 Å². The number of anilines is 1. The molecule has 1 N–H and O–H groups in total. The number of methoxy groups -OCH3 is 1. The second kappa shape index (κ2) is 4.14. The Balaban J connectivity index is 2.15. The highest BCUT2D eigenvalue weighted by Gasteiger charge is 2.42. The van der Waals surface area contributed by atoms with E-state index in [4.69, 9.17) is 16.3 Å². The Labute approximate surface area is 102 Å². The first kappa shape index (κ1) is 11.0. The Bertz CT molecular complexity index is 370. The normalized spacial score (nSPS) is 17.3. The average Bonchev–Trinajstić information content (AvgIpc) is 3.02. The number of rotatable bonds is 4. The monoisotopic (exact) mass is 291 g/mol. The van der Waals surface area contributed by atoms with Crippen molar-refractivity contribution >= 4 is 33.5 Å². The molecule has 2 rings (SSSR count). The summed E-state index contributed by atoms with van der Waals surface area (Å²) in [6.45, 7) is 0. The summed E-state index contributed by atoms with van der Waals surface area (Å²) in [4.78, 5) is 8.37. The van der Waals surface area contributed by atoms with E-state index in [1.807, 2.05) is 0 Å². The molecular weight excluding hydrogens is 281 g/mol. The summed E-state index contributed by atoms with van der Waals surface area (Å²) >= 11 is 9.15. The summed E-state index contributed by atoms with van der Waals surface area (Å²) in [7, 11) is 1.57. The molecule has 1 aliphatic carbocycles. The molecule has 0 spiro atoms. The molecule has 15 heavy (non-hydrogen) atoms. The number of nitrogens with one attached hydrogen (secondary N) is 1. The van der Waals surface area contributed by atoms with Crippen LogP contribution in [-0.2, 0) is 0 Å². The highest BCUT2D eigenvalue weighted by Crippen LogP contribution is 2.39. The Morgan fingerprint density at radius 1 is 1.67 bits per heavy atom. The van der Waals surface area contributed by atoms with Crippen LogP contribution in [0.2, 0.25) is 0 Å². The maximum Gasteiger partial charge on any atom is 0.232 e. The molecule has 0 atom stereocenters. The standard InChI is InChI=1S/C9H11BrClN3O/c1-15-7-6(10)4-12-8(13-7)14-9(5-11)2-3-9/h4H,2-3,5H2,1H3,(H,12,13,14). The Morgan fingerprint density at radius 2 is 2.40 bits per heavy atom. The number of ether oxygens (including phenoxy) is 1. The fraction of sp³-hybridized carbons (Fsp3) is 0.556. The van der Waals surface area contributed by atoms with Crippen LogP contribution in [0.5, 0.6) is 5.88 Å². The van der Waals surface area contributed by atoms with Crippen LogP contribution in [0, 0.1) is 0 Å². The first-order valence-electron chi connectivity index (χ1n) is 4.60. The lowest BCUT2D eigenvalue weighted by Crippen LogP contribution is -2.24. The third-order valence-corrected chi connectivity index (χ3v) is 3.45. The molecule has 1 heterocycles. The Kier molecular flexibility index (Phi) is 3.02. The van der Waals surface area contributed by atoms with Crippen molar-refractivity contribution < 1.29 is 4.74 Å². The number of hydrogen-bond acceptors (Lipinski definition) is 4. The number of hydrogen-bond donors (Lipinski definition) is 1. The summed E-state index contributed by atoms with van der Waals surface area (Å²) in [6, 6.07) is 0. The lowest BCUT2D eigenvalue weighted by atomic mass is 10.3. The lowest BCUT2D eigenvalue weighted by Gasteiger charge is -2.14. The van der Waals surface area contributed by atoms with Gasteiger partial charge in [-0.05, 0) is 28.8 Å². The predicted molar refractivity (Wildman–Crippen MR) is 62.6 cm³/mol. The predicted octanol–water partition coefficient (Wildman–Crippen LogP) is 2.43. The topological polar surface area (TPSA) is 47.0 Å². The van der Waals surface area contributed by atoms with Crippen molar-refractivity contribution in [3.05, 3.63) is 10.7 Å². The molecule has 1 saturated carbocycles. The van der Waals surface area contributed by atoms with Crippen LogP contribution in [0.4, 0.5) is 5.95 Å². The number of nitrogens with zero attached hydrogens (tertiary/aromatic N) is 2. The minimum absolute atomic E-state index is 0.000393. The van der Waals surface area contributed by atoms with Gasteiger partial charge in [-0.3, -0.25) is 0 Å². The van der Waals surface area contributed by atoms with Gasteiger partial charge in [0.15, 0.2) is 0 Å². The summed E-state index contributed by atoms with van der Waals surface area (Å²) in [6.07, 6.45) is 3.80. The zero-order chi connectivity index (χ0) is 10.9. The molecule has 1 aromatic rings. The van der Waals surface area contributed by atoms with Gasteiger partial charge < -0.3 is 10.1 Å². The van der Waals surface area contributed by atoms with E-state index in [1.165, 1.54) is 0 Å². The second-order valence-corrected chi connectivity index (χ2v) is 4.71. The Hall–Kier alpha value is -0.550. The van der Waals surface area contributed by atoms with E-state index < -0.39 is 0 Å². The van der Waals surface area contributed by atoms with Crippen molar-refractivity contribution in [2.45, 2.75) is 18.4 Å². The van der Waals surface area contributed by atoms with E-state index in [0.29, 0.717) is 17.7 Å². The van der Waals surface area contributed by atoms with Gasteiger partial charge >= 0.3 is 0 Å². The third kappa shape index (κ3) is 2.34. The molecule has 1 aromatic heterocycles. The van der Waals surface area contributed by atoms with Crippen LogP contribution in [0.25, 0.3) is 0 Å². The highest BCUT2D eigenvalue weighted by molar-refractivity contribution is 9.10. The van der Waals surface area contributed by atoms with Gasteiger partial charge in [-0.1, -0.05) is 0 Å². The summed E-state index contributed by atoms with van der Waals surface area (Å²) in [5, 5.41) is 3.23. The van der Waals surface area contributed by atoms with E-state index in [1.54, 1.807) is 13.3 Å². The Morgan fingerprint density at radius 3 is 2.93 bits per heavy atom. The fourth-order valence-corrected chi connectivity index (χ4v) is 1.92. The molecule has 0 radical (unpaired) electrons. The van der Waals surface area contributed by atoms with Gasteiger partial charge in [-0.2, -0.15) is 4.98 Å². The van der Waals surface area contributed by atoms with Crippen LogP contribution in [-0.4, -0.2) is 28.5 Å². The van der Waals surface area contributed by atoms with Crippen molar-refractivity contribution in [3.63, 3.8) is 0 Å². The molecule has 4 nitrogen and oxygen atoms in total. The van der Waals surface area contributed by atoms with E-state index in [2.05, 4.69) is 31.2 Å². The molecule has 82 valence electrons. The summed E-state index contributed by atoms with van der Waals surface area (Å²) in [5.41, 5.74) is 0.000393. The van der Waals surface area contributed by atoms with Gasteiger partial charge in [0.05, 0.1) is 23.3 Å².